The summed E-state index contributed by atoms with van der Waals surface area (Å²) in [5.74, 6) is -0.358. The van der Waals surface area contributed by atoms with Gasteiger partial charge in [0.15, 0.2) is 4.80 Å². The standard InChI is InChI=1S/C35H26ClFN2O4S/c1-2-42-34(41)30-31(23-8-4-3-5-9-23)38-35-39(32(30)24-14-16-26(37)17-15-24)33(40)29(44-35)20-22-12-18-27(19-13-22)43-21-25-10-6-7-11-28(25)36/h3-20,32H,2,21H2,1H3/b29-20-/t32-/m0/s1. The number of esters is 1. The molecule has 2 heterocycles. The number of hydrogen-bond donors (Lipinski definition) is 0. The molecule has 6 rings (SSSR count). The third kappa shape index (κ3) is 6.00. The molecule has 44 heavy (non-hydrogen) atoms. The number of carbonyl (C=O) groups excluding carboxylic acids is 1. The molecule has 9 heteroatoms. The maximum atomic E-state index is 14.0. The van der Waals surface area contributed by atoms with Crippen molar-refractivity contribution in [3.05, 3.63) is 161 Å². The Morgan fingerprint density at radius 3 is 2.39 bits per heavy atom. The summed E-state index contributed by atoms with van der Waals surface area (Å²) in [4.78, 5) is 32.7. The van der Waals surface area contributed by atoms with E-state index >= 15 is 0 Å². The Morgan fingerprint density at radius 2 is 1.68 bits per heavy atom. The average Bonchev–Trinajstić information content (AvgIpc) is 3.35. The van der Waals surface area contributed by atoms with Gasteiger partial charge in [-0.05, 0) is 54.5 Å². The van der Waals surface area contributed by atoms with Crippen LogP contribution in [0.3, 0.4) is 0 Å². The summed E-state index contributed by atoms with van der Waals surface area (Å²) in [6, 6.07) is 29.0. The highest BCUT2D eigenvalue weighted by Gasteiger charge is 2.35. The predicted octanol–water partition coefficient (Wildman–Crippen LogP) is 6.31. The number of carbonyl (C=O) groups is 1. The first-order valence-electron chi connectivity index (χ1n) is 13.9. The summed E-state index contributed by atoms with van der Waals surface area (Å²) in [7, 11) is 0. The first kappa shape index (κ1) is 29.3. The predicted molar refractivity (Wildman–Crippen MR) is 170 cm³/mol. The molecule has 4 aromatic carbocycles. The largest absolute Gasteiger partial charge is 0.489 e. The Bertz CT molecular complexity index is 2040. The van der Waals surface area contributed by atoms with Gasteiger partial charge in [-0.2, -0.15) is 0 Å². The molecule has 5 aromatic rings. The van der Waals surface area contributed by atoms with Gasteiger partial charge in [0.2, 0.25) is 0 Å². The zero-order chi connectivity index (χ0) is 30.6. The quantitative estimate of drug-likeness (QED) is 0.190. The SMILES string of the molecule is CCOC(=O)C1=C(c2ccccc2)N=c2s/c(=C\c3ccc(OCc4ccccc4Cl)cc3)c(=O)n2[C@H]1c1ccc(F)cc1. The van der Waals surface area contributed by atoms with Crippen LogP contribution in [0.5, 0.6) is 5.75 Å². The summed E-state index contributed by atoms with van der Waals surface area (Å²) < 4.78 is 27.2. The van der Waals surface area contributed by atoms with Crippen molar-refractivity contribution in [2.24, 2.45) is 4.99 Å². The number of nitrogens with zero attached hydrogens (tertiary/aromatic N) is 2. The van der Waals surface area contributed by atoms with Crippen LogP contribution in [0.15, 0.2) is 118 Å². The van der Waals surface area contributed by atoms with Gasteiger partial charge >= 0.3 is 5.97 Å². The summed E-state index contributed by atoms with van der Waals surface area (Å²) in [6.45, 7) is 2.19. The van der Waals surface area contributed by atoms with Gasteiger partial charge in [-0.3, -0.25) is 9.36 Å². The Labute approximate surface area is 261 Å². The molecule has 220 valence electrons. The molecule has 0 saturated carbocycles. The first-order valence-corrected chi connectivity index (χ1v) is 15.1. The number of benzene rings is 4. The lowest BCUT2D eigenvalue weighted by molar-refractivity contribution is -0.138. The van der Waals surface area contributed by atoms with E-state index in [2.05, 4.69) is 0 Å². The molecule has 6 nitrogen and oxygen atoms in total. The molecular formula is C35H26ClFN2O4S. The summed E-state index contributed by atoms with van der Waals surface area (Å²) in [6.07, 6.45) is 1.78. The van der Waals surface area contributed by atoms with E-state index in [9.17, 15) is 14.0 Å². The highest BCUT2D eigenvalue weighted by molar-refractivity contribution is 7.07. The molecule has 0 saturated heterocycles. The van der Waals surface area contributed by atoms with Crippen LogP contribution >= 0.6 is 22.9 Å². The minimum absolute atomic E-state index is 0.142. The van der Waals surface area contributed by atoms with Crippen LogP contribution in [-0.4, -0.2) is 17.1 Å². The fraction of sp³-hybridized carbons (Fsp3) is 0.114. The number of thiazole rings is 1. The van der Waals surface area contributed by atoms with Crippen molar-refractivity contribution >= 4 is 40.7 Å². The molecule has 1 aromatic heterocycles. The third-order valence-corrected chi connectivity index (χ3v) is 8.44. The molecule has 0 aliphatic carbocycles. The molecule has 1 atom stereocenters. The molecule has 0 fully saturated rings. The van der Waals surface area contributed by atoms with Crippen molar-refractivity contribution < 1.29 is 18.7 Å². The lowest BCUT2D eigenvalue weighted by atomic mass is 9.93. The van der Waals surface area contributed by atoms with Crippen molar-refractivity contribution in [1.29, 1.82) is 0 Å². The topological polar surface area (TPSA) is 69.9 Å². The van der Waals surface area contributed by atoms with Crippen LogP contribution in [0.2, 0.25) is 5.02 Å². The second kappa shape index (κ2) is 12.8. The van der Waals surface area contributed by atoms with Crippen molar-refractivity contribution in [2.75, 3.05) is 6.61 Å². The monoisotopic (exact) mass is 624 g/mol. The van der Waals surface area contributed by atoms with E-state index in [1.807, 2.05) is 78.9 Å². The fourth-order valence-electron chi connectivity index (χ4n) is 4.99. The van der Waals surface area contributed by atoms with Gasteiger partial charge in [-0.1, -0.05) is 95.7 Å². The smallest absolute Gasteiger partial charge is 0.338 e. The fourth-order valence-corrected chi connectivity index (χ4v) is 6.18. The number of hydrogen-bond acceptors (Lipinski definition) is 6. The van der Waals surface area contributed by atoms with Crippen LogP contribution in [-0.2, 0) is 16.1 Å². The van der Waals surface area contributed by atoms with E-state index in [0.717, 1.165) is 11.1 Å². The van der Waals surface area contributed by atoms with Crippen molar-refractivity contribution in [1.82, 2.24) is 4.57 Å². The van der Waals surface area contributed by atoms with E-state index in [1.54, 1.807) is 25.1 Å². The van der Waals surface area contributed by atoms with E-state index in [1.165, 1.54) is 28.0 Å². The Hall–Kier alpha value is -4.79. The number of fused-ring (bicyclic) bond motifs is 1. The van der Waals surface area contributed by atoms with Gasteiger partial charge in [-0.15, -0.1) is 0 Å². The molecular weight excluding hydrogens is 599 g/mol. The van der Waals surface area contributed by atoms with Crippen LogP contribution in [0.4, 0.5) is 4.39 Å². The Morgan fingerprint density at radius 1 is 0.977 bits per heavy atom. The van der Waals surface area contributed by atoms with Crippen LogP contribution in [0.1, 0.15) is 35.2 Å². The zero-order valence-corrected chi connectivity index (χ0v) is 25.1. The number of rotatable bonds is 8. The van der Waals surface area contributed by atoms with Crippen molar-refractivity contribution in [3.8, 4) is 5.75 Å². The Kier molecular flexibility index (Phi) is 8.54. The molecule has 0 unspecified atom stereocenters. The average molecular weight is 625 g/mol. The lowest BCUT2D eigenvalue weighted by Crippen LogP contribution is -2.40. The minimum Gasteiger partial charge on any atom is -0.489 e. The molecule has 0 radical (unpaired) electrons. The normalized spacial score (nSPS) is 14.6. The van der Waals surface area contributed by atoms with Crippen LogP contribution in [0.25, 0.3) is 11.8 Å². The number of aromatic nitrogens is 1. The Balaban J connectivity index is 1.43. The molecule has 0 bridgehead atoms. The summed E-state index contributed by atoms with van der Waals surface area (Å²) in [5, 5.41) is 0.639. The van der Waals surface area contributed by atoms with Crippen LogP contribution in [0, 0.1) is 5.82 Å². The first-order chi connectivity index (χ1) is 21.4. The van der Waals surface area contributed by atoms with Gasteiger partial charge < -0.3 is 9.47 Å². The molecule has 1 aliphatic heterocycles. The molecule has 0 N–H and O–H groups in total. The van der Waals surface area contributed by atoms with E-state index < -0.39 is 17.8 Å². The molecule has 1 aliphatic rings. The van der Waals surface area contributed by atoms with Crippen molar-refractivity contribution in [3.63, 3.8) is 0 Å². The van der Waals surface area contributed by atoms with Crippen LogP contribution < -0.4 is 19.6 Å². The number of ether oxygens (including phenoxy) is 2. The van der Waals surface area contributed by atoms with Gasteiger partial charge in [0.05, 0.1) is 28.5 Å². The highest BCUT2D eigenvalue weighted by Crippen LogP contribution is 2.35. The van der Waals surface area contributed by atoms with Crippen molar-refractivity contribution in [2.45, 2.75) is 19.6 Å². The van der Waals surface area contributed by atoms with E-state index in [-0.39, 0.29) is 17.7 Å². The zero-order valence-electron chi connectivity index (χ0n) is 23.6. The number of halogens is 2. The third-order valence-electron chi connectivity index (χ3n) is 7.09. The highest BCUT2D eigenvalue weighted by atomic mass is 35.5. The van der Waals surface area contributed by atoms with Gasteiger partial charge in [0.1, 0.15) is 18.2 Å². The summed E-state index contributed by atoms with van der Waals surface area (Å²) in [5.41, 5.74) is 3.22. The van der Waals surface area contributed by atoms with Gasteiger partial charge in [-0.25, -0.2) is 14.2 Å². The van der Waals surface area contributed by atoms with Gasteiger partial charge in [0, 0.05) is 16.1 Å². The second-order valence-electron chi connectivity index (χ2n) is 9.93. The second-order valence-corrected chi connectivity index (χ2v) is 11.3. The maximum absolute atomic E-state index is 14.0. The van der Waals surface area contributed by atoms with E-state index in [0.29, 0.717) is 43.5 Å². The minimum atomic E-state index is -0.871. The summed E-state index contributed by atoms with van der Waals surface area (Å²) >= 11 is 7.46. The van der Waals surface area contributed by atoms with E-state index in [4.69, 9.17) is 26.1 Å². The molecule has 0 amide bonds. The van der Waals surface area contributed by atoms with Gasteiger partial charge in [0.25, 0.3) is 5.56 Å². The molecule has 0 spiro atoms. The lowest BCUT2D eigenvalue weighted by Gasteiger charge is -2.25. The maximum Gasteiger partial charge on any atom is 0.338 e.